The monoisotopic (exact) mass is 509 g/mol. The van der Waals surface area contributed by atoms with Crippen LogP contribution in [0, 0.1) is 11.7 Å². The van der Waals surface area contributed by atoms with Gasteiger partial charge in [0.1, 0.15) is 11.6 Å². The third kappa shape index (κ3) is 5.46. The zero-order chi connectivity index (χ0) is 26.5. The summed E-state index contributed by atoms with van der Waals surface area (Å²) in [4.78, 5) is 26.0. The first-order valence-electron chi connectivity index (χ1n) is 13.2. The summed E-state index contributed by atoms with van der Waals surface area (Å²) in [5.74, 6) is 0.0481. The predicted octanol–water partition coefficient (Wildman–Crippen LogP) is 6.82. The third-order valence-corrected chi connectivity index (χ3v) is 7.35. The van der Waals surface area contributed by atoms with Crippen LogP contribution in [-0.4, -0.2) is 16.3 Å². The summed E-state index contributed by atoms with van der Waals surface area (Å²) in [6, 6.07) is 25.5. The maximum atomic E-state index is 14.0. The van der Waals surface area contributed by atoms with Crippen LogP contribution < -0.4 is 11.1 Å². The molecule has 1 aliphatic rings. The second-order valence-electron chi connectivity index (χ2n) is 9.88. The van der Waals surface area contributed by atoms with E-state index in [1.807, 2.05) is 60.7 Å². The summed E-state index contributed by atoms with van der Waals surface area (Å²) in [6.07, 6.45) is 4.00. The van der Waals surface area contributed by atoms with E-state index >= 15 is 0 Å². The lowest BCUT2D eigenvalue weighted by Gasteiger charge is -2.22. The molecule has 0 spiro atoms. The molecule has 1 saturated carbocycles. The second kappa shape index (κ2) is 11.6. The van der Waals surface area contributed by atoms with Gasteiger partial charge in [0.2, 0.25) is 0 Å². The van der Waals surface area contributed by atoms with Crippen molar-refractivity contribution in [2.75, 3.05) is 5.32 Å². The Morgan fingerprint density at radius 2 is 1.63 bits per heavy atom. The minimum Gasteiger partial charge on any atom is -0.342 e. The van der Waals surface area contributed by atoms with Gasteiger partial charge in [-0.25, -0.2) is 4.39 Å². The van der Waals surface area contributed by atoms with Crippen molar-refractivity contribution >= 4 is 17.4 Å². The number of carbonyl (C=O) groups excluding carboxylic acids is 2. The van der Waals surface area contributed by atoms with Gasteiger partial charge in [0.05, 0.1) is 11.3 Å². The molecule has 5 rings (SSSR count). The van der Waals surface area contributed by atoms with E-state index in [1.54, 1.807) is 12.1 Å². The molecule has 1 heterocycles. The fourth-order valence-electron chi connectivity index (χ4n) is 5.55. The van der Waals surface area contributed by atoms with Crippen LogP contribution >= 0.6 is 0 Å². The number of rotatable bonds is 8. The zero-order valence-corrected chi connectivity index (χ0v) is 21.3. The summed E-state index contributed by atoms with van der Waals surface area (Å²) in [5.41, 5.74) is 11.6. The Morgan fingerprint density at radius 1 is 0.947 bits per heavy atom. The Balaban J connectivity index is 1.68. The molecule has 6 heteroatoms. The van der Waals surface area contributed by atoms with Gasteiger partial charge in [-0.1, -0.05) is 48.5 Å². The molecule has 0 bridgehead atoms. The molecule has 5 nitrogen and oxygen atoms in total. The van der Waals surface area contributed by atoms with Crippen LogP contribution in [0.15, 0.2) is 84.9 Å². The molecule has 3 N–H and O–H groups in total. The van der Waals surface area contributed by atoms with E-state index in [4.69, 9.17) is 5.73 Å². The van der Waals surface area contributed by atoms with Crippen molar-refractivity contribution in [1.82, 2.24) is 4.57 Å². The molecule has 1 aromatic heterocycles. The molecule has 0 aliphatic heterocycles. The number of hydrogen-bond acceptors (Lipinski definition) is 3. The summed E-state index contributed by atoms with van der Waals surface area (Å²) in [7, 11) is 0. The number of aromatic nitrogens is 1. The number of halogens is 1. The van der Waals surface area contributed by atoms with Gasteiger partial charge < -0.3 is 15.6 Å². The van der Waals surface area contributed by atoms with Gasteiger partial charge in [0, 0.05) is 42.9 Å². The van der Waals surface area contributed by atoms with Crippen molar-refractivity contribution in [3.63, 3.8) is 0 Å². The Hall–Kier alpha value is -4.03. The summed E-state index contributed by atoms with van der Waals surface area (Å²) in [6.45, 7) is 0.762. The third-order valence-electron chi connectivity index (χ3n) is 7.35. The van der Waals surface area contributed by atoms with Gasteiger partial charge >= 0.3 is 0 Å². The van der Waals surface area contributed by atoms with Gasteiger partial charge in [-0.15, -0.1) is 0 Å². The van der Waals surface area contributed by atoms with Crippen molar-refractivity contribution in [3.8, 4) is 22.4 Å². The molecule has 3 aromatic carbocycles. The fourth-order valence-corrected chi connectivity index (χ4v) is 5.55. The van der Waals surface area contributed by atoms with Crippen LogP contribution in [0.5, 0.6) is 0 Å². The average Bonchev–Trinajstić information content (AvgIpc) is 3.28. The van der Waals surface area contributed by atoms with Crippen molar-refractivity contribution in [3.05, 3.63) is 102 Å². The Bertz CT molecular complexity index is 1410. The van der Waals surface area contributed by atoms with E-state index in [9.17, 15) is 14.0 Å². The lowest BCUT2D eigenvalue weighted by atomic mass is 9.86. The normalized spacial score (nSPS) is 15.4. The SMILES string of the molecule is NCc1c(C(=O)Nc2ccccc2)c(-c2ccccc2)c(-c2ccc(F)cc2)n1CCC1CCCC(=O)C1. The first-order valence-corrected chi connectivity index (χ1v) is 13.2. The Labute approximate surface area is 222 Å². The summed E-state index contributed by atoms with van der Waals surface area (Å²) in [5, 5.41) is 3.04. The van der Waals surface area contributed by atoms with Crippen LogP contribution in [0.3, 0.4) is 0 Å². The molecule has 1 atom stereocenters. The molecule has 1 unspecified atom stereocenters. The van der Waals surface area contributed by atoms with Crippen molar-refractivity contribution in [2.45, 2.75) is 45.2 Å². The standard InChI is InChI=1S/C32H32FN3O2/c33-25-16-14-24(15-17-25)31-29(23-9-3-1-4-10-23)30(32(38)35-26-11-5-2-6-12-26)28(21-34)36(31)19-18-22-8-7-13-27(37)20-22/h1-6,9-12,14-17,22H,7-8,13,18-21,34H2,(H,35,38). The molecule has 0 saturated heterocycles. The molecule has 1 amide bonds. The molecule has 1 aliphatic carbocycles. The first-order chi connectivity index (χ1) is 18.5. The van der Waals surface area contributed by atoms with Crippen LogP contribution in [0.1, 0.15) is 48.2 Å². The maximum Gasteiger partial charge on any atom is 0.258 e. The number of ketones is 1. The highest BCUT2D eigenvalue weighted by Crippen LogP contribution is 2.41. The van der Waals surface area contributed by atoms with Crippen LogP contribution in [-0.2, 0) is 17.9 Å². The number of nitrogens with two attached hydrogens (primary N) is 1. The number of nitrogens with zero attached hydrogens (tertiary/aromatic N) is 1. The predicted molar refractivity (Wildman–Crippen MR) is 149 cm³/mol. The molecule has 4 aromatic rings. The largest absolute Gasteiger partial charge is 0.342 e. The Morgan fingerprint density at radius 3 is 2.29 bits per heavy atom. The average molecular weight is 510 g/mol. The van der Waals surface area contributed by atoms with Crippen molar-refractivity contribution in [1.29, 1.82) is 0 Å². The van der Waals surface area contributed by atoms with Gasteiger partial charge in [0.15, 0.2) is 0 Å². The van der Waals surface area contributed by atoms with Gasteiger partial charge in [0.25, 0.3) is 5.91 Å². The summed E-state index contributed by atoms with van der Waals surface area (Å²) >= 11 is 0. The van der Waals surface area contributed by atoms with Gasteiger partial charge in [-0.3, -0.25) is 9.59 Å². The van der Waals surface area contributed by atoms with Gasteiger partial charge in [-0.2, -0.15) is 0 Å². The van der Waals surface area contributed by atoms with E-state index in [2.05, 4.69) is 9.88 Å². The zero-order valence-electron chi connectivity index (χ0n) is 21.3. The lowest BCUT2D eigenvalue weighted by molar-refractivity contribution is -0.121. The van der Waals surface area contributed by atoms with Crippen LogP contribution in [0.25, 0.3) is 22.4 Å². The van der Waals surface area contributed by atoms with E-state index in [0.717, 1.165) is 47.3 Å². The molecule has 38 heavy (non-hydrogen) atoms. The van der Waals surface area contributed by atoms with Crippen molar-refractivity contribution in [2.24, 2.45) is 11.7 Å². The van der Waals surface area contributed by atoms with E-state index < -0.39 is 0 Å². The number of nitrogens with one attached hydrogen (secondary N) is 1. The van der Waals surface area contributed by atoms with Crippen LogP contribution in [0.4, 0.5) is 10.1 Å². The lowest BCUT2D eigenvalue weighted by Crippen LogP contribution is -2.20. The minimum absolute atomic E-state index is 0.155. The highest BCUT2D eigenvalue weighted by molar-refractivity contribution is 6.12. The highest BCUT2D eigenvalue weighted by atomic mass is 19.1. The van der Waals surface area contributed by atoms with Crippen LogP contribution in [0.2, 0.25) is 0 Å². The quantitative estimate of drug-likeness (QED) is 0.274. The first kappa shape index (κ1) is 25.6. The Kier molecular flexibility index (Phi) is 7.80. The van der Waals surface area contributed by atoms with E-state index in [-0.39, 0.29) is 18.3 Å². The molecular formula is C32H32FN3O2. The van der Waals surface area contributed by atoms with Gasteiger partial charge in [-0.05, 0) is 72.7 Å². The van der Waals surface area contributed by atoms with E-state index in [1.165, 1.54) is 12.1 Å². The number of para-hydroxylation sites is 1. The van der Waals surface area contributed by atoms with E-state index in [0.29, 0.717) is 42.3 Å². The fraction of sp³-hybridized carbons (Fsp3) is 0.250. The highest BCUT2D eigenvalue weighted by Gasteiger charge is 2.29. The molecule has 0 radical (unpaired) electrons. The van der Waals surface area contributed by atoms with Crippen molar-refractivity contribution < 1.29 is 14.0 Å². The number of amides is 1. The smallest absolute Gasteiger partial charge is 0.258 e. The second-order valence-corrected chi connectivity index (χ2v) is 9.88. The number of anilines is 1. The molecular weight excluding hydrogens is 477 g/mol. The molecule has 194 valence electrons. The number of benzene rings is 3. The maximum absolute atomic E-state index is 14.0. The number of hydrogen-bond donors (Lipinski definition) is 2. The number of Topliss-reactive ketones (excluding diaryl/α,β-unsaturated/α-hetero) is 1. The summed E-state index contributed by atoms with van der Waals surface area (Å²) < 4.78 is 16.1. The number of carbonyl (C=O) groups is 2. The molecule has 1 fully saturated rings. The minimum atomic E-state index is -0.324. The topological polar surface area (TPSA) is 77.1 Å².